The van der Waals surface area contributed by atoms with Gasteiger partial charge in [0.1, 0.15) is 12.4 Å². The van der Waals surface area contributed by atoms with E-state index in [9.17, 15) is 4.79 Å². The van der Waals surface area contributed by atoms with Crippen LogP contribution < -0.4 is 4.74 Å². The molecule has 0 N–H and O–H groups in total. The van der Waals surface area contributed by atoms with E-state index >= 15 is 0 Å². The van der Waals surface area contributed by atoms with E-state index in [-0.39, 0.29) is 5.70 Å². The van der Waals surface area contributed by atoms with Crippen LogP contribution in [0.4, 0.5) is 0 Å². The fourth-order valence-corrected chi connectivity index (χ4v) is 3.28. The number of carbonyl (C=O) groups excluding carboxylic acids is 1. The van der Waals surface area contributed by atoms with Crippen molar-refractivity contribution < 1.29 is 14.3 Å². The summed E-state index contributed by atoms with van der Waals surface area (Å²) in [6.07, 6.45) is 1.71. The Balaban J connectivity index is 1.52. The summed E-state index contributed by atoms with van der Waals surface area (Å²) >= 11 is 2.30. The second kappa shape index (κ2) is 8.39. The van der Waals surface area contributed by atoms with Gasteiger partial charge in [0.15, 0.2) is 5.70 Å². The lowest BCUT2D eigenvalue weighted by atomic mass is 10.2. The van der Waals surface area contributed by atoms with E-state index in [0.717, 1.165) is 26.0 Å². The predicted octanol–water partition coefficient (Wildman–Crippen LogP) is 5.21. The molecule has 3 aromatic carbocycles. The van der Waals surface area contributed by atoms with Crippen molar-refractivity contribution in [2.75, 3.05) is 0 Å². The smallest absolute Gasteiger partial charge is 0.363 e. The Morgan fingerprint density at radius 1 is 0.964 bits per heavy atom. The Morgan fingerprint density at radius 2 is 1.75 bits per heavy atom. The molecular formula is C23H16INO3. The molecule has 28 heavy (non-hydrogen) atoms. The van der Waals surface area contributed by atoms with Crippen LogP contribution in [0.5, 0.6) is 5.75 Å². The first kappa shape index (κ1) is 18.4. The van der Waals surface area contributed by atoms with Crippen LogP contribution in [0, 0.1) is 3.57 Å². The lowest BCUT2D eigenvalue weighted by molar-refractivity contribution is -0.129. The molecule has 1 aliphatic rings. The monoisotopic (exact) mass is 481 g/mol. The Kier molecular flexibility index (Phi) is 5.53. The number of cyclic esters (lactones) is 1. The fourth-order valence-electron chi connectivity index (χ4n) is 2.74. The topological polar surface area (TPSA) is 47.9 Å². The maximum Gasteiger partial charge on any atom is 0.363 e. The molecule has 0 spiro atoms. The second-order valence-corrected chi connectivity index (χ2v) is 7.32. The summed E-state index contributed by atoms with van der Waals surface area (Å²) in [5.74, 6) is 0.597. The first-order valence-electron chi connectivity index (χ1n) is 8.73. The zero-order valence-corrected chi connectivity index (χ0v) is 17.0. The van der Waals surface area contributed by atoms with Crippen molar-refractivity contribution in [2.45, 2.75) is 6.61 Å². The highest BCUT2D eigenvalue weighted by atomic mass is 127. The summed E-state index contributed by atoms with van der Waals surface area (Å²) in [6.45, 7) is 0.484. The molecule has 0 atom stereocenters. The minimum absolute atomic E-state index is 0.272. The van der Waals surface area contributed by atoms with Gasteiger partial charge >= 0.3 is 5.97 Å². The Labute approximate surface area is 176 Å². The average Bonchev–Trinajstić information content (AvgIpc) is 3.09. The van der Waals surface area contributed by atoms with Gasteiger partial charge in [-0.05, 0) is 64.6 Å². The van der Waals surface area contributed by atoms with Crippen molar-refractivity contribution in [1.29, 1.82) is 0 Å². The lowest BCUT2D eigenvalue weighted by Crippen LogP contribution is -2.04. The van der Waals surface area contributed by atoms with Crippen LogP contribution in [-0.4, -0.2) is 11.9 Å². The van der Waals surface area contributed by atoms with Crippen LogP contribution in [0.2, 0.25) is 0 Å². The molecule has 3 aromatic rings. The third-order valence-corrected chi connectivity index (χ3v) is 5.21. The molecule has 4 nitrogen and oxygen atoms in total. The molecule has 0 saturated heterocycles. The van der Waals surface area contributed by atoms with Crippen molar-refractivity contribution in [3.8, 4) is 5.75 Å². The van der Waals surface area contributed by atoms with E-state index in [1.807, 2.05) is 78.9 Å². The number of ether oxygens (including phenoxy) is 2. The van der Waals surface area contributed by atoms with Crippen molar-refractivity contribution >= 4 is 40.5 Å². The number of carbonyl (C=O) groups is 1. The summed E-state index contributed by atoms with van der Waals surface area (Å²) in [7, 11) is 0. The van der Waals surface area contributed by atoms with Crippen LogP contribution in [0.25, 0.3) is 6.08 Å². The number of halogens is 1. The summed E-state index contributed by atoms with van der Waals surface area (Å²) in [5, 5.41) is 0. The number of aliphatic imine (C=N–C) groups is 1. The molecule has 0 saturated carbocycles. The maximum atomic E-state index is 12.2. The number of hydrogen-bond donors (Lipinski definition) is 0. The van der Waals surface area contributed by atoms with Crippen LogP contribution in [0.3, 0.4) is 0 Å². The van der Waals surface area contributed by atoms with Gasteiger partial charge in [0.2, 0.25) is 5.90 Å². The summed E-state index contributed by atoms with van der Waals surface area (Å²) < 4.78 is 12.4. The van der Waals surface area contributed by atoms with E-state index in [4.69, 9.17) is 9.47 Å². The largest absolute Gasteiger partial charge is 0.489 e. The van der Waals surface area contributed by atoms with Crippen molar-refractivity contribution in [2.24, 2.45) is 4.99 Å². The fraction of sp³-hybridized carbons (Fsp3) is 0.0435. The molecule has 0 bridgehead atoms. The summed E-state index contributed by atoms with van der Waals surface area (Å²) in [6, 6.07) is 25.0. The lowest BCUT2D eigenvalue weighted by Gasteiger charge is -2.08. The van der Waals surface area contributed by atoms with E-state index in [0.29, 0.717) is 12.5 Å². The van der Waals surface area contributed by atoms with Crippen molar-refractivity contribution in [3.05, 3.63) is 105 Å². The number of benzene rings is 3. The molecule has 0 amide bonds. The first-order chi connectivity index (χ1) is 13.7. The average molecular weight is 481 g/mol. The van der Waals surface area contributed by atoms with E-state index in [2.05, 4.69) is 27.6 Å². The van der Waals surface area contributed by atoms with Gasteiger partial charge in [-0.2, -0.15) is 0 Å². The molecule has 0 aliphatic carbocycles. The third-order valence-electron chi connectivity index (χ3n) is 4.15. The SMILES string of the molecule is O=C1OC(c2ccccc2)=N/C1=C\c1cccc(OCc2ccccc2I)c1. The van der Waals surface area contributed by atoms with E-state index in [1.54, 1.807) is 6.08 Å². The van der Waals surface area contributed by atoms with E-state index in [1.165, 1.54) is 0 Å². The quantitative estimate of drug-likeness (QED) is 0.286. The van der Waals surface area contributed by atoms with Crippen LogP contribution >= 0.6 is 22.6 Å². The summed E-state index contributed by atoms with van der Waals surface area (Å²) in [5.41, 5.74) is 3.00. The highest BCUT2D eigenvalue weighted by Gasteiger charge is 2.23. The van der Waals surface area contributed by atoms with Gasteiger partial charge in [-0.1, -0.05) is 48.5 Å². The maximum absolute atomic E-state index is 12.2. The Bertz CT molecular complexity index is 1070. The zero-order valence-electron chi connectivity index (χ0n) is 14.8. The van der Waals surface area contributed by atoms with Crippen LogP contribution in [0.15, 0.2) is 89.6 Å². The van der Waals surface area contributed by atoms with Gasteiger partial charge in [-0.3, -0.25) is 0 Å². The molecule has 1 heterocycles. The molecular weight excluding hydrogens is 465 g/mol. The van der Waals surface area contributed by atoms with Crippen LogP contribution in [-0.2, 0) is 16.1 Å². The number of esters is 1. The molecule has 1 aliphatic heterocycles. The van der Waals surface area contributed by atoms with Gasteiger partial charge in [0.25, 0.3) is 0 Å². The van der Waals surface area contributed by atoms with Gasteiger partial charge in [-0.15, -0.1) is 0 Å². The number of nitrogens with zero attached hydrogens (tertiary/aromatic N) is 1. The molecule has 138 valence electrons. The highest BCUT2D eigenvalue weighted by molar-refractivity contribution is 14.1. The second-order valence-electron chi connectivity index (χ2n) is 6.15. The molecule has 4 rings (SSSR count). The van der Waals surface area contributed by atoms with Crippen molar-refractivity contribution in [1.82, 2.24) is 0 Å². The Morgan fingerprint density at radius 3 is 2.57 bits per heavy atom. The van der Waals surface area contributed by atoms with Gasteiger partial charge in [0.05, 0.1) is 0 Å². The molecule has 0 unspecified atom stereocenters. The zero-order chi connectivity index (χ0) is 19.3. The van der Waals surface area contributed by atoms with Crippen LogP contribution in [0.1, 0.15) is 16.7 Å². The third kappa shape index (κ3) is 4.31. The number of rotatable bonds is 5. The van der Waals surface area contributed by atoms with Crippen molar-refractivity contribution in [3.63, 3.8) is 0 Å². The Hall–Kier alpha value is -2.93. The molecule has 0 fully saturated rings. The first-order valence-corrected chi connectivity index (χ1v) is 9.81. The van der Waals surface area contributed by atoms with E-state index < -0.39 is 5.97 Å². The predicted molar refractivity (Wildman–Crippen MR) is 117 cm³/mol. The van der Waals surface area contributed by atoms with Gasteiger partial charge in [0, 0.05) is 14.7 Å². The summed E-state index contributed by atoms with van der Waals surface area (Å²) in [4.78, 5) is 16.5. The molecule has 0 aromatic heterocycles. The molecule has 0 radical (unpaired) electrons. The van der Waals surface area contributed by atoms with Gasteiger partial charge in [-0.25, -0.2) is 9.79 Å². The highest BCUT2D eigenvalue weighted by Crippen LogP contribution is 2.22. The normalized spacial score (nSPS) is 14.7. The molecule has 5 heteroatoms. The number of hydrogen-bond acceptors (Lipinski definition) is 4. The minimum atomic E-state index is -0.455. The standard InChI is InChI=1S/C23H16INO3/c24-20-12-5-4-10-18(20)15-27-19-11-6-7-16(13-19)14-21-23(26)28-22(25-21)17-8-2-1-3-9-17/h1-14H,15H2/b21-14-. The van der Waals surface area contributed by atoms with Gasteiger partial charge < -0.3 is 9.47 Å². The minimum Gasteiger partial charge on any atom is -0.489 e.